The van der Waals surface area contributed by atoms with Crippen molar-refractivity contribution in [2.24, 2.45) is 5.73 Å². The van der Waals surface area contributed by atoms with Crippen molar-refractivity contribution < 1.29 is 9.53 Å². The van der Waals surface area contributed by atoms with Crippen LogP contribution in [0.2, 0.25) is 0 Å². The number of primary amides is 1. The molecule has 3 aromatic rings. The summed E-state index contributed by atoms with van der Waals surface area (Å²) in [7, 11) is 1.61. The minimum absolute atomic E-state index is 0.0198. The van der Waals surface area contributed by atoms with Crippen molar-refractivity contribution in [3.63, 3.8) is 0 Å². The molecule has 0 saturated carbocycles. The van der Waals surface area contributed by atoms with Gasteiger partial charge in [0.1, 0.15) is 5.75 Å². The van der Waals surface area contributed by atoms with E-state index in [1.54, 1.807) is 31.6 Å². The standard InChI is InChI=1S/C16H15N5O2/c1-23-12-5-6-19-8-10(12)7-9-3-2-4-11-13(17)15(16(18)22)21-20-14(9)11/h2-6,8H,7H2,1H3,(H2,17,20)(H2,18,22). The molecule has 7 heteroatoms. The first-order valence-corrected chi connectivity index (χ1v) is 6.92. The number of rotatable bonds is 4. The summed E-state index contributed by atoms with van der Waals surface area (Å²) in [6.07, 6.45) is 3.97. The molecule has 0 aliphatic rings. The lowest BCUT2D eigenvalue weighted by Gasteiger charge is -2.10. The van der Waals surface area contributed by atoms with E-state index in [-0.39, 0.29) is 11.4 Å². The molecule has 7 nitrogen and oxygen atoms in total. The molecule has 1 aromatic carbocycles. The van der Waals surface area contributed by atoms with E-state index in [2.05, 4.69) is 15.2 Å². The lowest BCUT2D eigenvalue weighted by molar-refractivity contribution is 0.0996. The van der Waals surface area contributed by atoms with Crippen LogP contribution in [0.1, 0.15) is 21.6 Å². The van der Waals surface area contributed by atoms with Crippen molar-refractivity contribution >= 4 is 22.5 Å². The van der Waals surface area contributed by atoms with Crippen LogP contribution in [0.5, 0.6) is 5.75 Å². The number of hydrogen-bond acceptors (Lipinski definition) is 6. The van der Waals surface area contributed by atoms with E-state index >= 15 is 0 Å². The molecule has 116 valence electrons. The van der Waals surface area contributed by atoms with Crippen molar-refractivity contribution in [1.29, 1.82) is 0 Å². The van der Waals surface area contributed by atoms with Gasteiger partial charge in [-0.1, -0.05) is 18.2 Å². The number of nitrogens with two attached hydrogens (primary N) is 2. The van der Waals surface area contributed by atoms with Crippen LogP contribution in [0.15, 0.2) is 36.7 Å². The second-order valence-electron chi connectivity index (χ2n) is 5.00. The minimum atomic E-state index is -0.698. The fourth-order valence-corrected chi connectivity index (χ4v) is 2.48. The summed E-state index contributed by atoms with van der Waals surface area (Å²) in [5, 5.41) is 8.62. The number of methoxy groups -OCH3 is 1. The largest absolute Gasteiger partial charge is 0.496 e. The molecule has 0 unspecified atom stereocenters. The van der Waals surface area contributed by atoms with E-state index < -0.39 is 5.91 Å². The molecule has 2 aromatic heterocycles. The number of ether oxygens (including phenoxy) is 1. The van der Waals surface area contributed by atoms with Gasteiger partial charge in [-0.05, 0) is 11.6 Å². The molecule has 3 rings (SSSR count). The molecule has 0 radical (unpaired) electrons. The van der Waals surface area contributed by atoms with Gasteiger partial charge in [-0.3, -0.25) is 9.78 Å². The quantitative estimate of drug-likeness (QED) is 0.750. The Labute approximate surface area is 132 Å². The topological polar surface area (TPSA) is 117 Å². The number of pyridine rings is 1. The van der Waals surface area contributed by atoms with Gasteiger partial charge < -0.3 is 16.2 Å². The first kappa shape index (κ1) is 14.7. The number of nitrogen functional groups attached to an aromatic ring is 1. The van der Waals surface area contributed by atoms with Gasteiger partial charge in [-0.25, -0.2) is 0 Å². The molecule has 0 saturated heterocycles. The molecular formula is C16H15N5O2. The molecule has 0 aliphatic carbocycles. The van der Waals surface area contributed by atoms with E-state index in [1.165, 1.54) is 0 Å². The second-order valence-corrected chi connectivity index (χ2v) is 5.00. The van der Waals surface area contributed by atoms with Crippen LogP contribution in [0, 0.1) is 0 Å². The maximum absolute atomic E-state index is 11.3. The lowest BCUT2D eigenvalue weighted by Crippen LogP contribution is -2.17. The van der Waals surface area contributed by atoms with Crippen LogP contribution in [0.3, 0.4) is 0 Å². The van der Waals surface area contributed by atoms with Crippen LogP contribution in [-0.4, -0.2) is 28.2 Å². The van der Waals surface area contributed by atoms with Gasteiger partial charge in [0.25, 0.3) is 5.91 Å². The Bertz CT molecular complexity index is 895. The second kappa shape index (κ2) is 5.88. The van der Waals surface area contributed by atoms with Crippen LogP contribution >= 0.6 is 0 Å². The Balaban J connectivity index is 2.12. The van der Waals surface area contributed by atoms with Crippen molar-refractivity contribution in [1.82, 2.24) is 15.2 Å². The summed E-state index contributed by atoms with van der Waals surface area (Å²) < 4.78 is 5.34. The van der Waals surface area contributed by atoms with E-state index in [1.807, 2.05) is 12.1 Å². The average molecular weight is 309 g/mol. The van der Waals surface area contributed by atoms with Gasteiger partial charge >= 0.3 is 0 Å². The number of carbonyl (C=O) groups excluding carboxylic acids is 1. The maximum atomic E-state index is 11.3. The molecule has 23 heavy (non-hydrogen) atoms. The number of fused-ring (bicyclic) bond motifs is 1. The number of nitrogens with zero attached hydrogens (tertiary/aromatic N) is 3. The monoisotopic (exact) mass is 309 g/mol. The fourth-order valence-electron chi connectivity index (χ4n) is 2.48. The SMILES string of the molecule is COc1ccncc1Cc1cccc2c(N)c(C(N)=O)nnc12. The molecular weight excluding hydrogens is 294 g/mol. The average Bonchev–Trinajstić information content (AvgIpc) is 2.56. The minimum Gasteiger partial charge on any atom is -0.496 e. The summed E-state index contributed by atoms with van der Waals surface area (Å²) in [6, 6.07) is 7.36. The van der Waals surface area contributed by atoms with E-state index in [4.69, 9.17) is 16.2 Å². The number of amides is 1. The molecule has 0 spiro atoms. The Morgan fingerprint density at radius 3 is 2.78 bits per heavy atom. The van der Waals surface area contributed by atoms with Crippen LogP contribution in [0.4, 0.5) is 5.69 Å². The van der Waals surface area contributed by atoms with Crippen LogP contribution in [-0.2, 0) is 6.42 Å². The predicted molar refractivity (Wildman–Crippen MR) is 86.1 cm³/mol. The molecule has 0 atom stereocenters. The van der Waals surface area contributed by atoms with E-state index in [9.17, 15) is 4.79 Å². The number of benzene rings is 1. The number of anilines is 1. The Kier molecular flexibility index (Phi) is 3.76. The zero-order valence-electron chi connectivity index (χ0n) is 12.5. The summed E-state index contributed by atoms with van der Waals surface area (Å²) >= 11 is 0. The maximum Gasteiger partial charge on any atom is 0.271 e. The molecule has 0 bridgehead atoms. The molecule has 4 N–H and O–H groups in total. The molecule has 2 heterocycles. The number of aromatic nitrogens is 3. The van der Waals surface area contributed by atoms with Crippen LogP contribution < -0.4 is 16.2 Å². The molecule has 0 aliphatic heterocycles. The smallest absolute Gasteiger partial charge is 0.271 e. The predicted octanol–water partition coefficient (Wildman–Crippen LogP) is 1.31. The zero-order chi connectivity index (χ0) is 16.4. The third kappa shape index (κ3) is 2.64. The summed E-state index contributed by atoms with van der Waals surface area (Å²) in [5.74, 6) is 0.0444. The van der Waals surface area contributed by atoms with Crippen molar-refractivity contribution in [3.8, 4) is 5.75 Å². The highest BCUT2D eigenvalue weighted by Crippen LogP contribution is 2.27. The third-order valence-corrected chi connectivity index (χ3v) is 3.61. The van der Waals surface area contributed by atoms with Crippen molar-refractivity contribution in [2.75, 3.05) is 12.8 Å². The molecule has 1 amide bonds. The van der Waals surface area contributed by atoms with Gasteiger partial charge in [0, 0.05) is 29.8 Å². The first-order chi connectivity index (χ1) is 11.1. The van der Waals surface area contributed by atoms with Gasteiger partial charge in [0.2, 0.25) is 0 Å². The fraction of sp³-hybridized carbons (Fsp3) is 0.125. The van der Waals surface area contributed by atoms with Gasteiger partial charge in [0.05, 0.1) is 18.3 Å². The lowest BCUT2D eigenvalue weighted by atomic mass is 10.0. The summed E-state index contributed by atoms with van der Waals surface area (Å²) in [5.41, 5.74) is 13.9. The highest BCUT2D eigenvalue weighted by Gasteiger charge is 2.15. The van der Waals surface area contributed by atoms with Crippen molar-refractivity contribution in [3.05, 3.63) is 53.5 Å². The highest BCUT2D eigenvalue weighted by molar-refractivity contribution is 6.04. The van der Waals surface area contributed by atoms with Crippen LogP contribution in [0.25, 0.3) is 10.9 Å². The first-order valence-electron chi connectivity index (χ1n) is 6.92. The van der Waals surface area contributed by atoms with Gasteiger partial charge in [-0.15, -0.1) is 10.2 Å². The summed E-state index contributed by atoms with van der Waals surface area (Å²) in [6.45, 7) is 0. The van der Waals surface area contributed by atoms with Crippen molar-refractivity contribution in [2.45, 2.75) is 6.42 Å². The zero-order valence-corrected chi connectivity index (χ0v) is 12.5. The summed E-state index contributed by atoms with van der Waals surface area (Å²) in [4.78, 5) is 15.5. The van der Waals surface area contributed by atoms with E-state index in [0.717, 1.165) is 16.9 Å². The number of hydrogen-bond donors (Lipinski definition) is 2. The Morgan fingerprint density at radius 2 is 2.04 bits per heavy atom. The normalized spacial score (nSPS) is 10.7. The Morgan fingerprint density at radius 1 is 1.22 bits per heavy atom. The Hall–Kier alpha value is -3.22. The van der Waals surface area contributed by atoms with E-state index in [0.29, 0.717) is 17.3 Å². The third-order valence-electron chi connectivity index (χ3n) is 3.61. The van der Waals surface area contributed by atoms with Gasteiger partial charge in [-0.2, -0.15) is 0 Å². The highest BCUT2D eigenvalue weighted by atomic mass is 16.5. The van der Waals surface area contributed by atoms with Gasteiger partial charge in [0.15, 0.2) is 5.69 Å². The number of carbonyl (C=O) groups is 1. The molecule has 0 fully saturated rings.